The Morgan fingerprint density at radius 1 is 0.630 bits per heavy atom. The summed E-state index contributed by atoms with van der Waals surface area (Å²) in [6.07, 6.45) is 27.7. The highest BCUT2D eigenvalue weighted by molar-refractivity contribution is 6.01. The second-order valence-corrected chi connectivity index (χ2v) is 17.5. The minimum absolute atomic E-state index is 0.0109. The maximum absolute atomic E-state index is 12.1. The van der Waals surface area contributed by atoms with Crippen LogP contribution in [-0.2, 0) is 19.2 Å². The van der Waals surface area contributed by atoms with Crippen LogP contribution in [0.15, 0.2) is 59.8 Å². The van der Waals surface area contributed by atoms with Crippen molar-refractivity contribution >= 4 is 23.1 Å². The molecule has 2 unspecified atom stereocenters. The van der Waals surface area contributed by atoms with E-state index in [4.69, 9.17) is 0 Å². The molecule has 8 aliphatic carbocycles. The van der Waals surface area contributed by atoms with E-state index in [-0.39, 0.29) is 39.3 Å². The van der Waals surface area contributed by atoms with E-state index >= 15 is 0 Å². The van der Waals surface area contributed by atoms with Crippen LogP contribution in [0.1, 0.15) is 106 Å². The van der Waals surface area contributed by atoms with Crippen LogP contribution in [0.2, 0.25) is 0 Å². The summed E-state index contributed by atoms with van der Waals surface area (Å²) in [5.41, 5.74) is 2.96. The van der Waals surface area contributed by atoms with E-state index in [2.05, 4.69) is 58.1 Å². The third-order valence-electron chi connectivity index (χ3n) is 15.6. The Balaban J connectivity index is 0.000000147. The second-order valence-electron chi connectivity index (χ2n) is 17.5. The topological polar surface area (TPSA) is 68.3 Å². The van der Waals surface area contributed by atoms with Gasteiger partial charge in [0.15, 0.2) is 11.6 Å². The molecule has 12 atom stereocenters. The summed E-state index contributed by atoms with van der Waals surface area (Å²) in [5.74, 6) is 5.27. The zero-order chi connectivity index (χ0) is 32.8. The summed E-state index contributed by atoms with van der Waals surface area (Å²) in [7, 11) is 0. The van der Waals surface area contributed by atoms with Crippen molar-refractivity contribution in [1.82, 2.24) is 0 Å². The predicted octanol–water partition coefficient (Wildman–Crippen LogP) is 8.78. The molecule has 0 N–H and O–H groups in total. The van der Waals surface area contributed by atoms with Crippen LogP contribution in [0.3, 0.4) is 0 Å². The molecule has 0 aromatic heterocycles. The SMILES string of the molecule is CC(=O)[C@H]1CCC2[C@@H]3C=CC4=CC(=O)C=C[C@@]4(C)[C@@H]3CC[C@@]21C.CC(=O)[C@H]1CCC2[C@@H]3C=CC4=CC(=O)CC[C@@]4(C)[C@@H]3CC[C@@]21C. The Kier molecular flexibility index (Phi) is 7.61. The molecule has 0 bridgehead atoms. The monoisotopic (exact) mass is 622 g/mol. The van der Waals surface area contributed by atoms with Crippen LogP contribution in [0.25, 0.3) is 0 Å². The van der Waals surface area contributed by atoms with Crippen LogP contribution in [0, 0.1) is 69.0 Å². The Morgan fingerprint density at radius 3 is 1.76 bits per heavy atom. The Labute approximate surface area is 276 Å². The summed E-state index contributed by atoms with van der Waals surface area (Å²) >= 11 is 0. The molecule has 4 nitrogen and oxygen atoms in total. The molecule has 4 saturated carbocycles. The Morgan fingerprint density at radius 2 is 1.17 bits per heavy atom. The average molecular weight is 623 g/mol. The predicted molar refractivity (Wildman–Crippen MR) is 181 cm³/mol. The molecule has 8 rings (SSSR count). The summed E-state index contributed by atoms with van der Waals surface area (Å²) in [5, 5.41) is 0. The van der Waals surface area contributed by atoms with E-state index in [0.717, 1.165) is 32.1 Å². The Hall–Kier alpha value is -2.62. The first-order chi connectivity index (χ1) is 21.7. The van der Waals surface area contributed by atoms with Crippen LogP contribution in [-0.4, -0.2) is 23.1 Å². The standard InChI is InChI=1S/C21H28O2.C21H26O2/c2*1-13(22)17-6-7-18-16-5-4-14-12-15(23)8-10-20(14,2)19(16)9-11-21(17,18)3/h4-5,12,16-19H,6-11H2,1-3H3;4-5,8,10,12,16-19H,6-7,9,11H2,1-3H3/t2*16-,17+,18?,19+,20+,21+/m00/s1. The van der Waals surface area contributed by atoms with E-state index in [9.17, 15) is 19.2 Å². The number of hydrogen-bond acceptors (Lipinski definition) is 4. The van der Waals surface area contributed by atoms with Crippen molar-refractivity contribution in [3.05, 3.63) is 59.8 Å². The molecule has 8 aliphatic rings. The summed E-state index contributed by atoms with van der Waals surface area (Å²) < 4.78 is 0. The lowest BCUT2D eigenvalue weighted by atomic mass is 9.48. The second kappa shape index (κ2) is 11.0. The highest BCUT2D eigenvalue weighted by atomic mass is 16.1. The van der Waals surface area contributed by atoms with Crippen molar-refractivity contribution in [3.63, 3.8) is 0 Å². The average Bonchev–Trinajstić information content (AvgIpc) is 3.55. The van der Waals surface area contributed by atoms with Crippen LogP contribution in [0.5, 0.6) is 0 Å². The van der Waals surface area contributed by atoms with E-state index in [1.807, 2.05) is 12.2 Å². The molecule has 4 heteroatoms. The van der Waals surface area contributed by atoms with Crippen LogP contribution in [0.4, 0.5) is 0 Å². The number of carbonyl (C=O) groups is 4. The first-order valence-corrected chi connectivity index (χ1v) is 18.3. The fraction of sp³-hybridized carbons (Fsp3) is 0.667. The van der Waals surface area contributed by atoms with E-state index in [0.29, 0.717) is 59.3 Å². The zero-order valence-corrected chi connectivity index (χ0v) is 28.9. The molecular formula is C42H54O4. The first kappa shape index (κ1) is 32.0. The number of Topliss-reactive ketones (excluding diaryl/α,β-unsaturated/α-hetero) is 2. The molecule has 4 fully saturated rings. The van der Waals surface area contributed by atoms with Crippen molar-refractivity contribution in [1.29, 1.82) is 0 Å². The van der Waals surface area contributed by atoms with Crippen molar-refractivity contribution < 1.29 is 19.2 Å². The number of allylic oxidation sites excluding steroid dienone is 10. The van der Waals surface area contributed by atoms with Gasteiger partial charge in [0.25, 0.3) is 0 Å². The van der Waals surface area contributed by atoms with Gasteiger partial charge in [-0.15, -0.1) is 0 Å². The molecular weight excluding hydrogens is 568 g/mol. The number of fused-ring (bicyclic) bond motifs is 10. The lowest BCUT2D eigenvalue weighted by molar-refractivity contribution is -0.127. The number of carbonyl (C=O) groups excluding carboxylic acids is 4. The van der Waals surface area contributed by atoms with Crippen molar-refractivity contribution in [2.24, 2.45) is 69.0 Å². The number of hydrogen-bond donors (Lipinski definition) is 0. The van der Waals surface area contributed by atoms with Gasteiger partial charge in [0.2, 0.25) is 0 Å². The highest BCUT2D eigenvalue weighted by Gasteiger charge is 2.60. The van der Waals surface area contributed by atoms with Gasteiger partial charge in [-0.25, -0.2) is 0 Å². The van der Waals surface area contributed by atoms with Crippen LogP contribution < -0.4 is 0 Å². The molecule has 0 aromatic carbocycles. The summed E-state index contributed by atoms with van der Waals surface area (Å²) in [6.45, 7) is 13.0. The quantitative estimate of drug-likeness (QED) is 0.309. The minimum Gasteiger partial charge on any atom is -0.300 e. The molecule has 246 valence electrons. The molecule has 0 spiro atoms. The van der Waals surface area contributed by atoms with Crippen molar-refractivity contribution in [2.45, 2.75) is 106 Å². The third-order valence-corrected chi connectivity index (χ3v) is 15.6. The van der Waals surface area contributed by atoms with Gasteiger partial charge in [0, 0.05) is 23.7 Å². The molecule has 46 heavy (non-hydrogen) atoms. The van der Waals surface area contributed by atoms with E-state index in [1.54, 1.807) is 19.9 Å². The van der Waals surface area contributed by atoms with Gasteiger partial charge in [0.1, 0.15) is 11.6 Å². The third kappa shape index (κ3) is 4.58. The fourth-order valence-electron chi connectivity index (χ4n) is 13.0. The lowest BCUT2D eigenvalue weighted by Crippen LogP contribution is -2.49. The molecule has 0 saturated heterocycles. The number of ketones is 4. The van der Waals surface area contributed by atoms with E-state index < -0.39 is 0 Å². The van der Waals surface area contributed by atoms with E-state index in [1.165, 1.54) is 36.8 Å². The van der Waals surface area contributed by atoms with Gasteiger partial charge in [0.05, 0.1) is 0 Å². The zero-order valence-electron chi connectivity index (χ0n) is 28.9. The smallest absolute Gasteiger partial charge is 0.178 e. The largest absolute Gasteiger partial charge is 0.300 e. The van der Waals surface area contributed by atoms with Crippen molar-refractivity contribution in [3.8, 4) is 0 Å². The summed E-state index contributed by atoms with van der Waals surface area (Å²) in [4.78, 5) is 47.8. The lowest BCUT2D eigenvalue weighted by Gasteiger charge is -2.55. The van der Waals surface area contributed by atoms with Gasteiger partial charge in [-0.3, -0.25) is 19.2 Å². The van der Waals surface area contributed by atoms with Gasteiger partial charge in [-0.2, -0.15) is 0 Å². The minimum atomic E-state index is -0.0109. The maximum atomic E-state index is 12.1. The van der Waals surface area contributed by atoms with Gasteiger partial charge >= 0.3 is 0 Å². The molecule has 0 heterocycles. The normalized spacial score (nSPS) is 48.0. The summed E-state index contributed by atoms with van der Waals surface area (Å²) in [6, 6.07) is 0. The van der Waals surface area contributed by atoms with Gasteiger partial charge in [-0.1, -0.05) is 58.1 Å². The van der Waals surface area contributed by atoms with Gasteiger partial charge < -0.3 is 0 Å². The molecule has 0 aliphatic heterocycles. The first-order valence-electron chi connectivity index (χ1n) is 18.3. The molecule has 0 aromatic rings. The van der Waals surface area contributed by atoms with Crippen molar-refractivity contribution in [2.75, 3.05) is 0 Å². The molecule has 0 amide bonds. The molecule has 0 radical (unpaired) electrons. The highest BCUT2D eigenvalue weighted by Crippen LogP contribution is 2.66. The fourth-order valence-corrected chi connectivity index (χ4v) is 13.0. The van der Waals surface area contributed by atoms with Crippen LogP contribution >= 0.6 is 0 Å². The maximum Gasteiger partial charge on any atom is 0.178 e. The van der Waals surface area contributed by atoms with Gasteiger partial charge in [-0.05, 0) is 153 Å². The number of rotatable bonds is 2. The Bertz CT molecular complexity index is 1510.